The van der Waals surface area contributed by atoms with E-state index in [4.69, 9.17) is 9.26 Å². The van der Waals surface area contributed by atoms with Gasteiger partial charge in [0.05, 0.1) is 0 Å². The molecule has 6 nitrogen and oxygen atoms in total. The molecule has 0 bridgehead atoms. The maximum atomic E-state index is 13.1. The minimum Gasteiger partial charge on any atom is -0.381 e. The van der Waals surface area contributed by atoms with E-state index >= 15 is 0 Å². The fourth-order valence-electron chi connectivity index (χ4n) is 4.28. The molecule has 2 aromatic rings. The lowest BCUT2D eigenvalue weighted by atomic mass is 9.79. The van der Waals surface area contributed by atoms with Crippen LogP contribution in [0, 0.1) is 11.2 Å². The SMILES string of the molecule is O=C(NCC1(CN2CCCCC2)CCOCC1)c1cc(-c2ccc(F)cc2)on1. The number of nitrogens with one attached hydrogen (secondary N) is 1. The number of carbonyl (C=O) groups is 1. The summed E-state index contributed by atoms with van der Waals surface area (Å²) < 4.78 is 24.0. The summed E-state index contributed by atoms with van der Waals surface area (Å²) in [5.41, 5.74) is 0.961. The van der Waals surface area contributed by atoms with E-state index in [0.29, 0.717) is 17.9 Å². The highest BCUT2D eigenvalue weighted by Crippen LogP contribution is 2.32. The van der Waals surface area contributed by atoms with E-state index in [9.17, 15) is 9.18 Å². The predicted octanol–water partition coefficient (Wildman–Crippen LogP) is 3.49. The third kappa shape index (κ3) is 5.03. The highest BCUT2D eigenvalue weighted by Gasteiger charge is 2.35. The van der Waals surface area contributed by atoms with Crippen LogP contribution in [-0.2, 0) is 4.74 Å². The number of carbonyl (C=O) groups excluding carboxylic acids is 1. The summed E-state index contributed by atoms with van der Waals surface area (Å²) in [5, 5.41) is 6.97. The van der Waals surface area contributed by atoms with Crippen molar-refractivity contribution in [3.05, 3.63) is 41.8 Å². The fraction of sp³-hybridized carbons (Fsp3) is 0.545. The summed E-state index contributed by atoms with van der Waals surface area (Å²) in [6.45, 7) is 5.35. The van der Waals surface area contributed by atoms with Gasteiger partial charge in [0.2, 0.25) is 0 Å². The standard InChI is InChI=1S/C22H28FN3O3/c23-18-6-4-17(5-7-18)20-14-19(25-29-20)21(27)24-15-22(8-12-28-13-9-22)16-26-10-2-1-3-11-26/h4-7,14H,1-3,8-13,15-16H2,(H,24,27). The Bertz CT molecular complexity index is 809. The molecular weight excluding hydrogens is 373 g/mol. The van der Waals surface area contributed by atoms with Gasteiger partial charge in [-0.2, -0.15) is 0 Å². The van der Waals surface area contributed by atoms with Crippen LogP contribution in [0.2, 0.25) is 0 Å². The normalized spacial score (nSPS) is 19.8. The molecule has 1 amide bonds. The van der Waals surface area contributed by atoms with Gasteiger partial charge in [0, 0.05) is 43.3 Å². The van der Waals surface area contributed by atoms with Crippen molar-refractivity contribution in [2.45, 2.75) is 32.1 Å². The zero-order valence-corrected chi connectivity index (χ0v) is 16.7. The molecule has 4 rings (SSSR count). The van der Waals surface area contributed by atoms with Gasteiger partial charge < -0.3 is 19.5 Å². The summed E-state index contributed by atoms with van der Waals surface area (Å²) in [4.78, 5) is 15.2. The smallest absolute Gasteiger partial charge is 0.273 e. The Kier molecular flexibility index (Phi) is 6.25. The molecule has 0 aliphatic carbocycles. The van der Waals surface area contributed by atoms with Gasteiger partial charge in [-0.3, -0.25) is 4.79 Å². The van der Waals surface area contributed by atoms with E-state index in [1.165, 1.54) is 31.4 Å². The van der Waals surface area contributed by atoms with Gasteiger partial charge >= 0.3 is 0 Å². The number of piperidine rings is 1. The van der Waals surface area contributed by atoms with Crippen LogP contribution in [0.15, 0.2) is 34.9 Å². The lowest BCUT2D eigenvalue weighted by Gasteiger charge is -2.42. The predicted molar refractivity (Wildman–Crippen MR) is 107 cm³/mol. The molecular formula is C22H28FN3O3. The first-order valence-corrected chi connectivity index (χ1v) is 10.4. The molecule has 0 atom stereocenters. The second-order valence-electron chi connectivity index (χ2n) is 8.22. The molecule has 0 radical (unpaired) electrons. The highest BCUT2D eigenvalue weighted by atomic mass is 19.1. The first kappa shape index (κ1) is 20.0. The van der Waals surface area contributed by atoms with Crippen LogP contribution in [0.5, 0.6) is 0 Å². The van der Waals surface area contributed by atoms with Crippen LogP contribution in [-0.4, -0.2) is 55.4 Å². The molecule has 2 aliphatic heterocycles. The second kappa shape index (κ2) is 9.05. The second-order valence-corrected chi connectivity index (χ2v) is 8.22. The number of halogens is 1. The van der Waals surface area contributed by atoms with Crippen LogP contribution in [0.4, 0.5) is 4.39 Å². The first-order chi connectivity index (χ1) is 14.1. The number of hydrogen-bond acceptors (Lipinski definition) is 5. The van der Waals surface area contributed by atoms with Gasteiger partial charge in [0.25, 0.3) is 5.91 Å². The van der Waals surface area contributed by atoms with Crippen LogP contribution < -0.4 is 5.32 Å². The molecule has 0 saturated carbocycles. The Labute approximate surface area is 170 Å². The molecule has 0 spiro atoms. The van der Waals surface area contributed by atoms with Crippen molar-refractivity contribution in [3.63, 3.8) is 0 Å². The maximum absolute atomic E-state index is 13.1. The topological polar surface area (TPSA) is 67.6 Å². The number of ether oxygens (including phenoxy) is 1. The number of hydrogen-bond donors (Lipinski definition) is 1. The number of aromatic nitrogens is 1. The van der Waals surface area contributed by atoms with Crippen LogP contribution >= 0.6 is 0 Å². The highest BCUT2D eigenvalue weighted by molar-refractivity contribution is 5.93. The van der Waals surface area contributed by atoms with Gasteiger partial charge in [0.15, 0.2) is 11.5 Å². The van der Waals surface area contributed by atoms with Crippen LogP contribution in [0.25, 0.3) is 11.3 Å². The van der Waals surface area contributed by atoms with Gasteiger partial charge in [-0.1, -0.05) is 11.6 Å². The van der Waals surface area contributed by atoms with E-state index in [2.05, 4.69) is 15.4 Å². The molecule has 3 heterocycles. The monoisotopic (exact) mass is 401 g/mol. The van der Waals surface area contributed by atoms with Gasteiger partial charge in [-0.15, -0.1) is 0 Å². The van der Waals surface area contributed by atoms with E-state index in [-0.39, 0.29) is 22.8 Å². The molecule has 0 unspecified atom stereocenters. The minimum atomic E-state index is -0.318. The molecule has 1 aromatic heterocycles. The largest absolute Gasteiger partial charge is 0.381 e. The maximum Gasteiger partial charge on any atom is 0.273 e. The molecule has 2 saturated heterocycles. The summed E-state index contributed by atoms with van der Waals surface area (Å²) in [6, 6.07) is 7.52. The Morgan fingerprint density at radius 3 is 2.59 bits per heavy atom. The Morgan fingerprint density at radius 2 is 1.86 bits per heavy atom. The Hall–Kier alpha value is -2.25. The lowest BCUT2D eigenvalue weighted by molar-refractivity contribution is -0.00675. The van der Waals surface area contributed by atoms with Crippen molar-refractivity contribution in [1.29, 1.82) is 0 Å². The summed E-state index contributed by atoms with van der Waals surface area (Å²) in [6.07, 6.45) is 5.72. The third-order valence-electron chi connectivity index (χ3n) is 6.06. The van der Waals surface area contributed by atoms with Crippen molar-refractivity contribution in [2.24, 2.45) is 5.41 Å². The molecule has 156 valence electrons. The van der Waals surface area contributed by atoms with E-state index in [1.54, 1.807) is 18.2 Å². The summed E-state index contributed by atoms with van der Waals surface area (Å²) >= 11 is 0. The van der Waals surface area contributed by atoms with Gasteiger partial charge in [-0.25, -0.2) is 4.39 Å². The molecule has 7 heteroatoms. The number of amides is 1. The number of likely N-dealkylation sites (tertiary alicyclic amines) is 1. The molecule has 2 fully saturated rings. The number of benzene rings is 1. The average Bonchev–Trinajstić information content (AvgIpc) is 3.24. The average molecular weight is 401 g/mol. The van der Waals surface area contributed by atoms with Crippen molar-refractivity contribution >= 4 is 5.91 Å². The van der Waals surface area contributed by atoms with Crippen molar-refractivity contribution in [2.75, 3.05) is 39.4 Å². The first-order valence-electron chi connectivity index (χ1n) is 10.4. The van der Waals surface area contributed by atoms with Crippen LogP contribution in [0.1, 0.15) is 42.6 Å². The summed E-state index contributed by atoms with van der Waals surface area (Å²) in [7, 11) is 0. The molecule has 1 aromatic carbocycles. The van der Waals surface area contributed by atoms with Gasteiger partial charge in [-0.05, 0) is 63.0 Å². The zero-order valence-electron chi connectivity index (χ0n) is 16.7. The van der Waals surface area contributed by atoms with Crippen molar-refractivity contribution in [1.82, 2.24) is 15.4 Å². The van der Waals surface area contributed by atoms with Crippen molar-refractivity contribution in [3.8, 4) is 11.3 Å². The Balaban J connectivity index is 1.39. The minimum absolute atomic E-state index is 0.0365. The Morgan fingerprint density at radius 1 is 1.14 bits per heavy atom. The fourth-order valence-corrected chi connectivity index (χ4v) is 4.28. The van der Waals surface area contributed by atoms with Crippen molar-refractivity contribution < 1.29 is 18.4 Å². The summed E-state index contributed by atoms with van der Waals surface area (Å²) in [5.74, 6) is -0.113. The zero-order chi connectivity index (χ0) is 20.1. The van der Waals surface area contributed by atoms with Gasteiger partial charge in [0.1, 0.15) is 5.82 Å². The molecule has 1 N–H and O–H groups in total. The third-order valence-corrected chi connectivity index (χ3v) is 6.06. The lowest BCUT2D eigenvalue weighted by Crippen LogP contribution is -2.49. The van der Waals surface area contributed by atoms with E-state index < -0.39 is 0 Å². The quantitative estimate of drug-likeness (QED) is 0.803. The number of nitrogens with zero attached hydrogens (tertiary/aromatic N) is 2. The molecule has 2 aliphatic rings. The van der Waals surface area contributed by atoms with E-state index in [0.717, 1.165) is 45.7 Å². The number of rotatable bonds is 6. The van der Waals surface area contributed by atoms with Crippen LogP contribution in [0.3, 0.4) is 0 Å². The molecule has 29 heavy (non-hydrogen) atoms. The van der Waals surface area contributed by atoms with E-state index in [1.807, 2.05) is 0 Å².